The second-order valence-corrected chi connectivity index (χ2v) is 8.65. The fourth-order valence-electron chi connectivity index (χ4n) is 3.75. The van der Waals surface area contributed by atoms with Crippen molar-refractivity contribution in [1.29, 1.82) is 0 Å². The first kappa shape index (κ1) is 17.6. The van der Waals surface area contributed by atoms with Crippen LogP contribution in [-0.4, -0.2) is 47.4 Å². The van der Waals surface area contributed by atoms with Crippen molar-refractivity contribution >= 4 is 17.7 Å². The third-order valence-corrected chi connectivity index (χ3v) is 6.38. The largest absolute Gasteiger partial charge is 0.353 e. The van der Waals surface area contributed by atoms with Gasteiger partial charge in [0, 0.05) is 25.5 Å². The van der Waals surface area contributed by atoms with Crippen molar-refractivity contribution in [2.75, 3.05) is 6.54 Å². The molecule has 0 aromatic carbocycles. The number of carbonyl (C=O) groups excluding carboxylic acids is 1. The minimum Gasteiger partial charge on any atom is -0.353 e. The molecule has 140 valence electrons. The molecular weight excluding hydrogens is 348 g/mol. The molecule has 2 aliphatic rings. The normalized spacial score (nSPS) is 22.2. The van der Waals surface area contributed by atoms with E-state index in [0.29, 0.717) is 6.04 Å². The lowest BCUT2D eigenvalue weighted by molar-refractivity contribution is -0.132. The molecule has 1 saturated heterocycles. The molecule has 1 aliphatic heterocycles. The Kier molecular flexibility index (Phi) is 5.02. The molecule has 0 spiro atoms. The Morgan fingerprint density at radius 1 is 1.27 bits per heavy atom. The molecule has 0 radical (unpaired) electrons. The second-order valence-electron chi connectivity index (χ2n) is 7.34. The zero-order valence-corrected chi connectivity index (χ0v) is 16.2. The maximum absolute atomic E-state index is 13.3. The van der Waals surface area contributed by atoms with Crippen LogP contribution in [0.2, 0.25) is 0 Å². The van der Waals surface area contributed by atoms with Crippen molar-refractivity contribution in [2.45, 2.75) is 67.9 Å². The molecule has 0 N–H and O–H groups in total. The summed E-state index contributed by atoms with van der Waals surface area (Å²) < 4.78 is 4.02. The van der Waals surface area contributed by atoms with Crippen molar-refractivity contribution in [2.24, 2.45) is 7.05 Å². The fourth-order valence-corrected chi connectivity index (χ4v) is 4.68. The highest BCUT2D eigenvalue weighted by atomic mass is 32.2. The predicted molar refractivity (Wildman–Crippen MR) is 99.7 cm³/mol. The van der Waals surface area contributed by atoms with E-state index < -0.39 is 0 Å². The van der Waals surface area contributed by atoms with Gasteiger partial charge in [-0.2, -0.15) is 0 Å². The molecule has 2 unspecified atom stereocenters. The molecule has 2 aromatic heterocycles. The molecule has 2 aromatic rings. The highest BCUT2D eigenvalue weighted by Gasteiger charge is 2.33. The molecule has 4 rings (SSSR count). The molecule has 1 aliphatic carbocycles. The number of hydrogen-bond acceptors (Lipinski definition) is 5. The number of carbonyl (C=O) groups is 1. The lowest BCUT2D eigenvalue weighted by atomic mass is 10.1. The SMILES string of the molecule is CC(Sc1nnnn1C1CC1)C(=O)N1CCCCCC1c1cccn1C. The molecule has 2 fully saturated rings. The molecule has 1 saturated carbocycles. The van der Waals surface area contributed by atoms with Gasteiger partial charge in [0.25, 0.3) is 0 Å². The minimum atomic E-state index is -0.195. The summed E-state index contributed by atoms with van der Waals surface area (Å²) >= 11 is 1.49. The Balaban J connectivity index is 1.52. The topological polar surface area (TPSA) is 68.8 Å². The monoisotopic (exact) mass is 374 g/mol. The first-order valence-electron chi connectivity index (χ1n) is 9.51. The number of aryl methyl sites for hydroxylation is 1. The maximum atomic E-state index is 13.3. The van der Waals surface area contributed by atoms with E-state index in [0.717, 1.165) is 37.4 Å². The second kappa shape index (κ2) is 7.42. The standard InChI is InChI=1S/C18H26N6OS/c1-13(26-18-19-20-21-24(18)14-9-10-14)17(25)23-12-5-3-4-7-16(23)15-8-6-11-22(15)2/h6,8,11,13-14,16H,3-5,7,9-10,12H2,1-2H3. The third kappa shape index (κ3) is 3.51. The highest BCUT2D eigenvalue weighted by molar-refractivity contribution is 8.00. The predicted octanol–water partition coefficient (Wildman–Crippen LogP) is 2.97. The van der Waals surface area contributed by atoms with Gasteiger partial charge in [-0.3, -0.25) is 4.79 Å². The molecule has 0 bridgehead atoms. The summed E-state index contributed by atoms with van der Waals surface area (Å²) in [6.45, 7) is 2.80. The Labute approximate surface area is 158 Å². The lowest BCUT2D eigenvalue weighted by Gasteiger charge is -2.32. The maximum Gasteiger partial charge on any atom is 0.236 e. The van der Waals surface area contributed by atoms with Gasteiger partial charge in [-0.1, -0.05) is 24.6 Å². The molecule has 2 atom stereocenters. The zero-order chi connectivity index (χ0) is 18.1. The van der Waals surface area contributed by atoms with Gasteiger partial charge in [-0.25, -0.2) is 4.68 Å². The Hall–Kier alpha value is -1.83. The molecule has 7 nitrogen and oxygen atoms in total. The van der Waals surface area contributed by atoms with E-state index in [-0.39, 0.29) is 17.2 Å². The molecular formula is C18H26N6OS. The van der Waals surface area contributed by atoms with Crippen LogP contribution in [0.15, 0.2) is 23.5 Å². The van der Waals surface area contributed by atoms with Gasteiger partial charge in [-0.15, -0.1) is 5.10 Å². The molecule has 3 heterocycles. The van der Waals surface area contributed by atoms with E-state index in [1.54, 1.807) is 0 Å². The van der Waals surface area contributed by atoms with E-state index in [2.05, 4.69) is 50.4 Å². The van der Waals surface area contributed by atoms with Gasteiger partial charge in [0.15, 0.2) is 0 Å². The molecule has 1 amide bonds. The van der Waals surface area contributed by atoms with Crippen LogP contribution < -0.4 is 0 Å². The summed E-state index contributed by atoms with van der Waals surface area (Å²) in [4.78, 5) is 15.4. The molecule has 8 heteroatoms. The quantitative estimate of drug-likeness (QED) is 0.753. The van der Waals surface area contributed by atoms with Crippen molar-refractivity contribution < 1.29 is 4.79 Å². The zero-order valence-electron chi connectivity index (χ0n) is 15.4. The van der Waals surface area contributed by atoms with Gasteiger partial charge in [0.05, 0.1) is 17.3 Å². The summed E-state index contributed by atoms with van der Waals surface area (Å²) in [5.41, 5.74) is 1.22. The number of hydrogen-bond donors (Lipinski definition) is 0. The van der Waals surface area contributed by atoms with E-state index in [9.17, 15) is 4.79 Å². The summed E-state index contributed by atoms with van der Waals surface area (Å²) in [6.07, 6.45) is 8.77. The fraction of sp³-hybridized carbons (Fsp3) is 0.667. The van der Waals surface area contributed by atoms with E-state index in [4.69, 9.17) is 0 Å². The summed E-state index contributed by atoms with van der Waals surface area (Å²) in [5.74, 6) is 0.188. The van der Waals surface area contributed by atoms with E-state index >= 15 is 0 Å². The first-order chi connectivity index (χ1) is 12.6. The van der Waals surface area contributed by atoms with Gasteiger partial charge < -0.3 is 9.47 Å². The van der Waals surface area contributed by atoms with Gasteiger partial charge in [0.2, 0.25) is 11.1 Å². The van der Waals surface area contributed by atoms with Crippen LogP contribution in [0.1, 0.15) is 63.2 Å². The van der Waals surface area contributed by atoms with Crippen LogP contribution in [0.4, 0.5) is 0 Å². The van der Waals surface area contributed by atoms with Gasteiger partial charge in [0.1, 0.15) is 0 Å². The van der Waals surface area contributed by atoms with Crippen molar-refractivity contribution in [1.82, 2.24) is 29.7 Å². The number of thioether (sulfide) groups is 1. The van der Waals surface area contributed by atoms with E-state index in [1.807, 2.05) is 11.6 Å². The smallest absolute Gasteiger partial charge is 0.236 e. The van der Waals surface area contributed by atoms with Crippen LogP contribution in [-0.2, 0) is 11.8 Å². The average Bonchev–Trinajstić information content (AvgIpc) is 3.31. The summed E-state index contributed by atoms with van der Waals surface area (Å²) in [5, 5.41) is 12.6. The Morgan fingerprint density at radius 2 is 2.12 bits per heavy atom. The Morgan fingerprint density at radius 3 is 2.85 bits per heavy atom. The Bertz CT molecular complexity index is 767. The van der Waals surface area contributed by atoms with Crippen LogP contribution in [0, 0.1) is 0 Å². The van der Waals surface area contributed by atoms with Gasteiger partial charge in [-0.05, 0) is 55.2 Å². The highest BCUT2D eigenvalue weighted by Crippen LogP contribution is 2.38. The summed E-state index contributed by atoms with van der Waals surface area (Å²) in [7, 11) is 2.06. The van der Waals surface area contributed by atoms with Crippen LogP contribution in [0.3, 0.4) is 0 Å². The number of tetrazole rings is 1. The third-order valence-electron chi connectivity index (χ3n) is 5.35. The van der Waals surface area contributed by atoms with Crippen molar-refractivity contribution in [3.8, 4) is 0 Å². The van der Waals surface area contributed by atoms with Crippen LogP contribution >= 0.6 is 11.8 Å². The van der Waals surface area contributed by atoms with Gasteiger partial charge >= 0.3 is 0 Å². The number of amides is 1. The first-order valence-corrected chi connectivity index (χ1v) is 10.4. The van der Waals surface area contributed by atoms with E-state index in [1.165, 1.54) is 30.3 Å². The minimum absolute atomic E-state index is 0.160. The van der Waals surface area contributed by atoms with Crippen LogP contribution in [0.5, 0.6) is 0 Å². The number of rotatable bonds is 5. The lowest BCUT2D eigenvalue weighted by Crippen LogP contribution is -2.40. The summed E-state index contributed by atoms with van der Waals surface area (Å²) in [6, 6.07) is 4.78. The number of likely N-dealkylation sites (tertiary alicyclic amines) is 1. The van der Waals surface area contributed by atoms with Crippen molar-refractivity contribution in [3.63, 3.8) is 0 Å². The molecule has 26 heavy (non-hydrogen) atoms. The van der Waals surface area contributed by atoms with Crippen LogP contribution in [0.25, 0.3) is 0 Å². The average molecular weight is 375 g/mol. The number of aromatic nitrogens is 5. The van der Waals surface area contributed by atoms with Crippen molar-refractivity contribution in [3.05, 3.63) is 24.0 Å². The number of nitrogens with zero attached hydrogens (tertiary/aromatic N) is 6.